The van der Waals surface area contributed by atoms with Crippen LogP contribution >= 0.6 is 0 Å². The number of methoxy groups -OCH3 is 2. The highest BCUT2D eigenvalue weighted by Crippen LogP contribution is 2.38. The van der Waals surface area contributed by atoms with Crippen molar-refractivity contribution in [1.29, 1.82) is 0 Å². The minimum Gasteiger partial charge on any atom is -0.497 e. The van der Waals surface area contributed by atoms with Crippen molar-refractivity contribution in [3.63, 3.8) is 0 Å². The summed E-state index contributed by atoms with van der Waals surface area (Å²) in [4.78, 5) is 13.3. The molecule has 0 spiro atoms. The Hall–Kier alpha value is -3.31. The van der Waals surface area contributed by atoms with Gasteiger partial charge in [0.1, 0.15) is 48.1 Å². The minimum absolute atomic E-state index is 0.000198. The topological polar surface area (TPSA) is 207 Å². The molecule has 0 radical (unpaired) electrons. The van der Waals surface area contributed by atoms with Crippen molar-refractivity contribution < 1.29 is 63.5 Å². The Kier molecular flexibility index (Phi) is 8.71. The molecule has 8 atom stereocenters. The van der Waals surface area contributed by atoms with Crippen LogP contribution in [0, 0.1) is 0 Å². The van der Waals surface area contributed by atoms with Gasteiger partial charge in [-0.15, -0.1) is 0 Å². The average molecular weight is 593 g/mol. The molecule has 5 rings (SSSR count). The zero-order valence-electron chi connectivity index (χ0n) is 22.7. The van der Waals surface area contributed by atoms with Crippen molar-refractivity contribution in [1.82, 2.24) is 0 Å². The molecule has 0 aliphatic carbocycles. The zero-order valence-corrected chi connectivity index (χ0v) is 22.7. The molecule has 0 saturated carbocycles. The maximum absolute atomic E-state index is 13.3. The molecule has 3 aromatic rings. The van der Waals surface area contributed by atoms with Gasteiger partial charge in [-0.25, -0.2) is 0 Å². The lowest BCUT2D eigenvalue weighted by atomic mass is 9.99. The van der Waals surface area contributed by atoms with E-state index in [1.165, 1.54) is 32.6 Å². The molecular weight excluding hydrogens is 560 g/mol. The molecule has 1 aromatic heterocycles. The fourth-order valence-corrected chi connectivity index (χ4v) is 4.81. The smallest absolute Gasteiger partial charge is 0.229 e. The number of aliphatic hydroxyl groups is 6. The second-order valence-electron chi connectivity index (χ2n) is 10.0. The summed E-state index contributed by atoms with van der Waals surface area (Å²) in [6.45, 7) is -1.62. The molecule has 42 heavy (non-hydrogen) atoms. The molecular formula is C28H32O14. The predicted molar refractivity (Wildman–Crippen MR) is 142 cm³/mol. The monoisotopic (exact) mass is 592 g/mol. The van der Waals surface area contributed by atoms with Gasteiger partial charge in [-0.1, -0.05) is 12.1 Å². The molecule has 14 nitrogen and oxygen atoms in total. The first-order chi connectivity index (χ1) is 20.1. The lowest BCUT2D eigenvalue weighted by Gasteiger charge is -2.40. The highest BCUT2D eigenvalue weighted by molar-refractivity contribution is 5.88. The SMILES string of the molecule is COc1ccc(-c2coc3c(OC)c(OC4OC(COC5OCC(O)(CO)C5O)C(O)C(O)C4O)ccc3c2=O)cc1. The van der Waals surface area contributed by atoms with E-state index < -0.39 is 68.5 Å². The van der Waals surface area contributed by atoms with E-state index in [2.05, 4.69) is 0 Å². The molecule has 14 heteroatoms. The molecule has 0 amide bonds. The number of hydrogen-bond donors (Lipinski definition) is 6. The van der Waals surface area contributed by atoms with E-state index in [4.69, 9.17) is 32.8 Å². The number of benzene rings is 2. The van der Waals surface area contributed by atoms with E-state index >= 15 is 0 Å². The predicted octanol–water partition coefficient (Wildman–Crippen LogP) is -0.879. The van der Waals surface area contributed by atoms with Crippen LogP contribution in [-0.2, 0) is 14.2 Å². The molecule has 8 unspecified atom stereocenters. The van der Waals surface area contributed by atoms with Gasteiger partial charge in [0.15, 0.2) is 17.6 Å². The van der Waals surface area contributed by atoms with Crippen molar-refractivity contribution in [2.45, 2.75) is 48.7 Å². The molecule has 2 aromatic carbocycles. The summed E-state index contributed by atoms with van der Waals surface area (Å²) in [5.41, 5.74) is -1.27. The Balaban J connectivity index is 1.36. The Morgan fingerprint density at radius 3 is 2.33 bits per heavy atom. The van der Waals surface area contributed by atoms with Gasteiger partial charge in [0, 0.05) is 0 Å². The molecule has 3 heterocycles. The molecule has 2 aliphatic heterocycles. The summed E-state index contributed by atoms with van der Waals surface area (Å²) in [5, 5.41) is 61.3. The van der Waals surface area contributed by atoms with Gasteiger partial charge in [0.2, 0.25) is 17.5 Å². The van der Waals surface area contributed by atoms with Crippen LogP contribution < -0.4 is 19.6 Å². The maximum atomic E-state index is 13.3. The van der Waals surface area contributed by atoms with Crippen LogP contribution in [0.25, 0.3) is 22.1 Å². The third-order valence-corrected chi connectivity index (χ3v) is 7.38. The molecule has 2 aliphatic rings. The van der Waals surface area contributed by atoms with E-state index in [1.54, 1.807) is 24.3 Å². The van der Waals surface area contributed by atoms with Gasteiger partial charge in [-0.05, 0) is 29.8 Å². The van der Waals surface area contributed by atoms with Gasteiger partial charge in [0.05, 0.1) is 45.0 Å². The Bertz CT molecular complexity index is 1440. The largest absolute Gasteiger partial charge is 0.497 e. The Morgan fingerprint density at radius 1 is 0.952 bits per heavy atom. The molecule has 0 bridgehead atoms. The van der Waals surface area contributed by atoms with Crippen molar-refractivity contribution >= 4 is 11.0 Å². The Labute approximate surface area is 238 Å². The first kappa shape index (κ1) is 30.2. The van der Waals surface area contributed by atoms with Gasteiger partial charge >= 0.3 is 0 Å². The first-order valence-corrected chi connectivity index (χ1v) is 13.0. The second kappa shape index (κ2) is 12.1. The summed E-state index contributed by atoms with van der Waals surface area (Å²) in [6.07, 6.45) is -9.54. The quantitative estimate of drug-likeness (QED) is 0.178. The van der Waals surface area contributed by atoms with E-state index in [0.717, 1.165) is 0 Å². The van der Waals surface area contributed by atoms with Crippen molar-refractivity contribution in [3.8, 4) is 28.4 Å². The highest BCUT2D eigenvalue weighted by atomic mass is 16.7. The van der Waals surface area contributed by atoms with Crippen molar-refractivity contribution in [3.05, 3.63) is 52.9 Å². The number of hydrogen-bond acceptors (Lipinski definition) is 14. The number of rotatable bonds is 9. The number of ether oxygens (including phenoxy) is 6. The third-order valence-electron chi connectivity index (χ3n) is 7.38. The summed E-state index contributed by atoms with van der Waals surface area (Å²) < 4.78 is 38.5. The summed E-state index contributed by atoms with van der Waals surface area (Å²) in [6, 6.07) is 9.74. The van der Waals surface area contributed by atoms with Crippen LogP contribution in [-0.4, -0.2) is 113 Å². The van der Waals surface area contributed by atoms with Crippen LogP contribution in [0.5, 0.6) is 17.2 Å². The van der Waals surface area contributed by atoms with Crippen LogP contribution in [0.1, 0.15) is 0 Å². The van der Waals surface area contributed by atoms with E-state index in [-0.39, 0.29) is 27.9 Å². The standard InChI is InChI=1S/C28H32O14/c1-36-14-5-3-13(4-6-14)16-9-38-23-15(19(16)30)7-8-17(24(23)37-2)41-26-22(33)21(32)20(31)18(42-26)10-39-27-25(34)28(35,11-29)12-40-27/h3-9,18,20-22,25-27,29,31-35H,10-12H2,1-2H3. The number of aliphatic hydroxyl groups excluding tert-OH is 5. The average Bonchev–Trinajstić information content (AvgIpc) is 3.30. The number of fused-ring (bicyclic) bond motifs is 1. The van der Waals surface area contributed by atoms with Gasteiger partial charge in [-0.3, -0.25) is 4.79 Å². The summed E-state index contributed by atoms with van der Waals surface area (Å²) in [5.74, 6) is 0.644. The maximum Gasteiger partial charge on any atom is 0.229 e. The van der Waals surface area contributed by atoms with E-state index in [9.17, 15) is 35.4 Å². The van der Waals surface area contributed by atoms with Crippen LogP contribution in [0.3, 0.4) is 0 Å². The van der Waals surface area contributed by atoms with Crippen LogP contribution in [0.15, 0.2) is 51.9 Å². The fraction of sp³-hybridized carbons (Fsp3) is 0.464. The zero-order chi connectivity index (χ0) is 30.2. The van der Waals surface area contributed by atoms with E-state index in [0.29, 0.717) is 16.9 Å². The van der Waals surface area contributed by atoms with Gasteiger partial charge in [0.25, 0.3) is 0 Å². The lowest BCUT2D eigenvalue weighted by molar-refractivity contribution is -0.289. The van der Waals surface area contributed by atoms with Crippen molar-refractivity contribution in [2.24, 2.45) is 0 Å². The first-order valence-electron chi connectivity index (χ1n) is 13.0. The van der Waals surface area contributed by atoms with Crippen LogP contribution in [0.4, 0.5) is 0 Å². The summed E-state index contributed by atoms with van der Waals surface area (Å²) >= 11 is 0. The molecule has 228 valence electrons. The molecule has 2 fully saturated rings. The normalized spacial score (nSPS) is 31.3. The summed E-state index contributed by atoms with van der Waals surface area (Å²) in [7, 11) is 2.86. The van der Waals surface area contributed by atoms with E-state index in [1.807, 2.05) is 0 Å². The van der Waals surface area contributed by atoms with Crippen LogP contribution in [0.2, 0.25) is 0 Å². The molecule has 6 N–H and O–H groups in total. The molecule has 2 saturated heterocycles. The van der Waals surface area contributed by atoms with Gasteiger partial charge < -0.3 is 63.5 Å². The van der Waals surface area contributed by atoms with Gasteiger partial charge in [-0.2, -0.15) is 0 Å². The second-order valence-corrected chi connectivity index (χ2v) is 10.0. The van der Waals surface area contributed by atoms with Crippen molar-refractivity contribution in [2.75, 3.05) is 34.0 Å². The lowest BCUT2D eigenvalue weighted by Crippen LogP contribution is -2.60. The highest BCUT2D eigenvalue weighted by Gasteiger charge is 2.50. The fourth-order valence-electron chi connectivity index (χ4n) is 4.81. The minimum atomic E-state index is -1.92. The Morgan fingerprint density at radius 2 is 1.69 bits per heavy atom. The third kappa shape index (κ3) is 5.44.